The molecule has 3 heterocycles. The van der Waals surface area contributed by atoms with E-state index < -0.39 is 41.7 Å². The third-order valence-electron chi connectivity index (χ3n) is 6.11. The molecule has 0 bridgehead atoms. The van der Waals surface area contributed by atoms with Gasteiger partial charge in [-0.1, -0.05) is 0 Å². The molecule has 2 aliphatic heterocycles. The highest BCUT2D eigenvalue weighted by Gasteiger charge is 2.37. The predicted octanol–water partition coefficient (Wildman–Crippen LogP) is 4.06. The summed E-state index contributed by atoms with van der Waals surface area (Å²) >= 11 is 0. The zero-order valence-electron chi connectivity index (χ0n) is 19.3. The first kappa shape index (κ1) is 28.6. The molecule has 2 aromatic rings. The second-order valence-electron chi connectivity index (χ2n) is 8.76. The lowest BCUT2D eigenvalue weighted by atomic mass is 10.1. The van der Waals surface area contributed by atoms with E-state index in [9.17, 15) is 35.9 Å². The van der Waals surface area contributed by atoms with Gasteiger partial charge in [0.2, 0.25) is 0 Å². The van der Waals surface area contributed by atoms with Crippen LogP contribution < -0.4 is 5.73 Å². The number of ether oxygens (including phenoxy) is 1. The molecular formula is C22H24ClF6N5O3. The molecule has 2 N–H and O–H groups in total. The minimum absolute atomic E-state index is 0. The fourth-order valence-electron chi connectivity index (χ4n) is 4.13. The van der Waals surface area contributed by atoms with E-state index in [0.29, 0.717) is 43.8 Å². The third kappa shape index (κ3) is 6.66. The average molecular weight is 556 g/mol. The van der Waals surface area contributed by atoms with Crippen molar-refractivity contribution in [1.82, 2.24) is 19.6 Å². The lowest BCUT2D eigenvalue weighted by molar-refractivity contribution is -0.143. The molecule has 4 rings (SSSR count). The lowest BCUT2D eigenvalue weighted by Gasteiger charge is -2.29. The quantitative estimate of drug-likeness (QED) is 0.577. The summed E-state index contributed by atoms with van der Waals surface area (Å²) in [5, 5.41) is 4.30. The number of hydrogen-bond donors (Lipinski definition) is 1. The minimum atomic E-state index is -5.00. The summed E-state index contributed by atoms with van der Waals surface area (Å²) < 4.78 is 84.8. The Morgan fingerprint density at radius 2 is 1.51 bits per heavy atom. The highest BCUT2D eigenvalue weighted by atomic mass is 35.5. The number of halogens is 7. The molecular weight excluding hydrogens is 532 g/mol. The Hall–Kier alpha value is -3.00. The van der Waals surface area contributed by atoms with E-state index in [-0.39, 0.29) is 55.8 Å². The number of alkyl halides is 6. The molecule has 0 aliphatic carbocycles. The zero-order valence-corrected chi connectivity index (χ0v) is 20.1. The van der Waals surface area contributed by atoms with Crippen LogP contribution in [0.4, 0.5) is 31.1 Å². The van der Waals surface area contributed by atoms with Gasteiger partial charge < -0.3 is 20.3 Å². The van der Waals surface area contributed by atoms with Gasteiger partial charge >= 0.3 is 18.4 Å². The van der Waals surface area contributed by atoms with Crippen LogP contribution in [0.1, 0.15) is 45.7 Å². The van der Waals surface area contributed by atoms with Crippen LogP contribution in [0, 0.1) is 0 Å². The fraction of sp³-hybridized carbons (Fsp3) is 0.500. The molecule has 15 heteroatoms. The number of likely N-dealkylation sites (tertiary alicyclic amines) is 1. The Labute approximate surface area is 213 Å². The number of benzene rings is 1. The molecule has 1 aromatic heterocycles. The van der Waals surface area contributed by atoms with Crippen molar-refractivity contribution >= 4 is 24.4 Å². The number of carbonyl (C=O) groups excluding carboxylic acids is 2. The number of rotatable bonds is 3. The van der Waals surface area contributed by atoms with E-state index in [1.54, 1.807) is 15.6 Å². The summed E-state index contributed by atoms with van der Waals surface area (Å²) in [5.74, 6) is -0.247. The van der Waals surface area contributed by atoms with Crippen LogP contribution in [-0.4, -0.2) is 57.3 Å². The Bertz CT molecular complexity index is 1110. The highest BCUT2D eigenvalue weighted by molar-refractivity contribution is 5.92. The highest BCUT2D eigenvalue weighted by Crippen LogP contribution is 2.36. The first-order valence-corrected chi connectivity index (χ1v) is 11.1. The second kappa shape index (κ2) is 10.8. The number of nitrogens with two attached hydrogens (primary N) is 1. The van der Waals surface area contributed by atoms with Gasteiger partial charge in [-0.2, -0.15) is 31.4 Å². The standard InChI is InChI=1S/C22H23F6N5O3.ClH/c23-21(24,25)14-7-13(8-15(9-14)22(26,27)28)12-36-20(35)32-5-6-33-17(11-32)10-18(30-33)19(34)31-3-1-16(29)2-4-31;/h7-10,16H,1-6,11-12,29H2;1H. The number of carbonyl (C=O) groups is 2. The lowest BCUT2D eigenvalue weighted by Crippen LogP contribution is -2.43. The van der Waals surface area contributed by atoms with Gasteiger partial charge in [-0.15, -0.1) is 12.4 Å². The van der Waals surface area contributed by atoms with Crippen LogP contribution in [0.25, 0.3) is 0 Å². The summed E-state index contributed by atoms with van der Waals surface area (Å²) in [7, 11) is 0. The number of aromatic nitrogens is 2. The molecule has 0 saturated carbocycles. The van der Waals surface area contributed by atoms with E-state index in [2.05, 4.69) is 5.10 Å². The maximum atomic E-state index is 13.0. The van der Waals surface area contributed by atoms with Crippen molar-refractivity contribution < 1.29 is 40.7 Å². The van der Waals surface area contributed by atoms with Crippen LogP contribution in [0.3, 0.4) is 0 Å². The second-order valence-corrected chi connectivity index (χ2v) is 8.76. The van der Waals surface area contributed by atoms with Crippen molar-refractivity contribution in [3.05, 3.63) is 52.3 Å². The molecule has 8 nitrogen and oxygen atoms in total. The molecule has 37 heavy (non-hydrogen) atoms. The van der Waals surface area contributed by atoms with Crippen molar-refractivity contribution in [2.75, 3.05) is 19.6 Å². The Morgan fingerprint density at radius 1 is 0.919 bits per heavy atom. The first-order chi connectivity index (χ1) is 16.8. The summed E-state index contributed by atoms with van der Waals surface area (Å²) in [6, 6.07) is 2.64. The maximum absolute atomic E-state index is 13.0. The molecule has 204 valence electrons. The average Bonchev–Trinajstić information content (AvgIpc) is 3.24. The van der Waals surface area contributed by atoms with E-state index in [0.717, 1.165) is 0 Å². The first-order valence-electron chi connectivity index (χ1n) is 11.1. The molecule has 0 unspecified atom stereocenters. The molecule has 1 fully saturated rings. The van der Waals surface area contributed by atoms with Crippen molar-refractivity contribution in [3.8, 4) is 0 Å². The monoisotopic (exact) mass is 555 g/mol. The molecule has 0 atom stereocenters. The van der Waals surface area contributed by atoms with Crippen LogP contribution in [0.2, 0.25) is 0 Å². The molecule has 1 aromatic carbocycles. The smallest absolute Gasteiger partial charge is 0.416 e. The Morgan fingerprint density at radius 3 is 2.08 bits per heavy atom. The number of hydrogen-bond acceptors (Lipinski definition) is 5. The van der Waals surface area contributed by atoms with Gasteiger partial charge in [-0.05, 0) is 42.7 Å². The van der Waals surface area contributed by atoms with E-state index in [4.69, 9.17) is 10.5 Å². The van der Waals surface area contributed by atoms with Gasteiger partial charge in [-0.3, -0.25) is 9.48 Å². The van der Waals surface area contributed by atoms with Crippen LogP contribution in [-0.2, 0) is 36.8 Å². The molecule has 1 saturated heterocycles. The van der Waals surface area contributed by atoms with Gasteiger partial charge in [0.15, 0.2) is 5.69 Å². The van der Waals surface area contributed by atoms with Gasteiger partial charge in [-0.25, -0.2) is 4.79 Å². The largest absolute Gasteiger partial charge is 0.445 e. The normalized spacial score (nSPS) is 16.7. The Kier molecular flexibility index (Phi) is 8.32. The van der Waals surface area contributed by atoms with Crippen LogP contribution in [0.15, 0.2) is 24.3 Å². The van der Waals surface area contributed by atoms with Gasteiger partial charge in [0.05, 0.1) is 29.9 Å². The van der Waals surface area contributed by atoms with Gasteiger partial charge in [0, 0.05) is 25.7 Å². The molecule has 0 radical (unpaired) electrons. The molecule has 2 amide bonds. The van der Waals surface area contributed by atoms with E-state index in [1.807, 2.05) is 0 Å². The van der Waals surface area contributed by atoms with E-state index >= 15 is 0 Å². The molecule has 2 aliphatic rings. The van der Waals surface area contributed by atoms with E-state index in [1.165, 1.54) is 4.90 Å². The number of fused-ring (bicyclic) bond motifs is 1. The van der Waals surface area contributed by atoms with Crippen LogP contribution in [0.5, 0.6) is 0 Å². The predicted molar refractivity (Wildman–Crippen MR) is 120 cm³/mol. The SMILES string of the molecule is Cl.NC1CCN(C(=O)c2cc3n(n2)CCN(C(=O)OCc2cc(C(F)(F)F)cc(C(F)(F)F)c2)C3)CC1. The van der Waals surface area contributed by atoms with Crippen molar-refractivity contribution in [2.24, 2.45) is 5.73 Å². The van der Waals surface area contributed by atoms with Gasteiger partial charge in [0.25, 0.3) is 5.91 Å². The van der Waals surface area contributed by atoms with Crippen molar-refractivity contribution in [2.45, 2.75) is 50.9 Å². The van der Waals surface area contributed by atoms with Crippen molar-refractivity contribution in [1.29, 1.82) is 0 Å². The van der Waals surface area contributed by atoms with Crippen molar-refractivity contribution in [3.63, 3.8) is 0 Å². The number of amides is 2. The summed E-state index contributed by atoms with van der Waals surface area (Å²) in [6.07, 6.45) is -9.53. The Balaban J connectivity index is 0.00000380. The fourth-order valence-corrected chi connectivity index (χ4v) is 4.13. The maximum Gasteiger partial charge on any atom is 0.416 e. The number of nitrogens with zero attached hydrogens (tertiary/aromatic N) is 4. The van der Waals surface area contributed by atoms with Gasteiger partial charge in [0.1, 0.15) is 6.61 Å². The third-order valence-corrected chi connectivity index (χ3v) is 6.11. The van der Waals surface area contributed by atoms with Crippen LogP contribution >= 0.6 is 12.4 Å². The molecule has 0 spiro atoms. The zero-order chi connectivity index (χ0) is 26.3. The minimum Gasteiger partial charge on any atom is -0.445 e. The topological polar surface area (TPSA) is 93.7 Å². The summed E-state index contributed by atoms with van der Waals surface area (Å²) in [4.78, 5) is 28.1. The summed E-state index contributed by atoms with van der Waals surface area (Å²) in [6.45, 7) is 0.655. The summed E-state index contributed by atoms with van der Waals surface area (Å²) in [5.41, 5.74) is 3.22. The number of piperidine rings is 1.